The second-order valence-corrected chi connectivity index (χ2v) is 31.5. The van der Waals surface area contributed by atoms with Crippen molar-refractivity contribution in [3.8, 4) is 0 Å². The molecule has 0 rings (SSSR count). The van der Waals surface area contributed by atoms with Crippen LogP contribution in [0.3, 0.4) is 0 Å². The third-order valence-corrected chi connectivity index (χ3v) is 19.8. The molecular formula is C78H148O17P2. The number of allylic oxidation sites excluding steroid dienone is 4. The molecule has 572 valence electrons. The first-order valence-electron chi connectivity index (χ1n) is 39.7. The minimum absolute atomic E-state index is 0.0978. The molecule has 0 saturated heterocycles. The summed E-state index contributed by atoms with van der Waals surface area (Å²) >= 11 is 0. The van der Waals surface area contributed by atoms with Crippen LogP contribution in [0.25, 0.3) is 0 Å². The molecule has 0 aliphatic heterocycles. The van der Waals surface area contributed by atoms with Crippen molar-refractivity contribution in [1.82, 2.24) is 0 Å². The quantitative estimate of drug-likeness (QED) is 0.0169. The topological polar surface area (TPSA) is 237 Å². The Labute approximate surface area is 592 Å². The number of phosphoric ester groups is 2. The summed E-state index contributed by atoms with van der Waals surface area (Å²) in [7, 11) is -9.92. The van der Waals surface area contributed by atoms with Crippen molar-refractivity contribution in [3.63, 3.8) is 0 Å². The summed E-state index contributed by atoms with van der Waals surface area (Å²) in [6.07, 6.45) is 57.9. The first-order chi connectivity index (χ1) is 46.8. The van der Waals surface area contributed by atoms with Crippen LogP contribution in [0.5, 0.6) is 0 Å². The molecule has 97 heavy (non-hydrogen) atoms. The lowest BCUT2D eigenvalue weighted by atomic mass is 9.99. The molecule has 0 aromatic heterocycles. The maximum Gasteiger partial charge on any atom is 0.472 e. The minimum Gasteiger partial charge on any atom is -0.462 e. The van der Waals surface area contributed by atoms with Gasteiger partial charge >= 0.3 is 39.5 Å². The van der Waals surface area contributed by atoms with E-state index in [1.54, 1.807) is 0 Å². The fourth-order valence-electron chi connectivity index (χ4n) is 11.4. The summed E-state index contributed by atoms with van der Waals surface area (Å²) in [6, 6.07) is 0. The number of unbranched alkanes of at least 4 members (excludes halogenated alkanes) is 38. The van der Waals surface area contributed by atoms with E-state index in [2.05, 4.69) is 72.8 Å². The van der Waals surface area contributed by atoms with Crippen molar-refractivity contribution in [1.29, 1.82) is 0 Å². The van der Waals surface area contributed by atoms with E-state index < -0.39 is 97.5 Å². The average molecular weight is 1420 g/mol. The van der Waals surface area contributed by atoms with Crippen LogP contribution < -0.4 is 0 Å². The Kier molecular flexibility index (Phi) is 66.3. The Morgan fingerprint density at radius 1 is 0.340 bits per heavy atom. The number of aliphatic hydroxyl groups is 1. The van der Waals surface area contributed by atoms with Crippen LogP contribution in [0, 0.1) is 17.8 Å². The summed E-state index contributed by atoms with van der Waals surface area (Å²) in [5.74, 6) is 0.113. The Morgan fingerprint density at radius 3 is 0.918 bits per heavy atom. The van der Waals surface area contributed by atoms with E-state index in [1.165, 1.54) is 161 Å². The van der Waals surface area contributed by atoms with E-state index in [0.717, 1.165) is 127 Å². The van der Waals surface area contributed by atoms with Gasteiger partial charge < -0.3 is 33.8 Å². The SMILES string of the molecule is CCCCCC/C=C\C=C/CCCCCCCC(=O)OC[C@H](COP(=O)(O)OCC(O)COP(=O)(O)OC[C@@H](COC(=O)CCCCCCCCC(C)C)OC(=O)CCCCCCCCCCCCCCCCCCCCC(C)C)OC(=O)CCCCCCCCCCC(C)CC. The summed E-state index contributed by atoms with van der Waals surface area (Å²) in [5, 5.41) is 10.6. The molecule has 0 spiro atoms. The monoisotopic (exact) mass is 1420 g/mol. The van der Waals surface area contributed by atoms with Gasteiger partial charge in [-0.2, -0.15) is 0 Å². The van der Waals surface area contributed by atoms with Crippen LogP contribution in [-0.2, 0) is 65.4 Å². The van der Waals surface area contributed by atoms with Gasteiger partial charge in [0, 0.05) is 25.7 Å². The van der Waals surface area contributed by atoms with Crippen molar-refractivity contribution < 1.29 is 80.2 Å². The first-order valence-corrected chi connectivity index (χ1v) is 42.7. The van der Waals surface area contributed by atoms with Crippen molar-refractivity contribution in [2.24, 2.45) is 17.8 Å². The predicted octanol–water partition coefficient (Wildman–Crippen LogP) is 22.5. The zero-order valence-electron chi connectivity index (χ0n) is 63.0. The van der Waals surface area contributed by atoms with Gasteiger partial charge in [0.15, 0.2) is 12.2 Å². The highest BCUT2D eigenvalue weighted by molar-refractivity contribution is 7.47. The molecule has 0 saturated carbocycles. The number of esters is 4. The lowest BCUT2D eigenvalue weighted by Gasteiger charge is -2.21. The Bertz CT molecular complexity index is 1980. The molecule has 0 heterocycles. The van der Waals surface area contributed by atoms with E-state index in [9.17, 15) is 43.2 Å². The number of phosphoric acid groups is 2. The summed E-state index contributed by atoms with van der Waals surface area (Å²) in [4.78, 5) is 72.8. The smallest absolute Gasteiger partial charge is 0.462 e. The second kappa shape index (κ2) is 68.0. The number of hydrogen-bond donors (Lipinski definition) is 3. The van der Waals surface area contributed by atoms with Crippen LogP contribution in [0.2, 0.25) is 0 Å². The fraction of sp³-hybridized carbons (Fsp3) is 0.897. The number of rotatable bonds is 74. The molecule has 3 N–H and O–H groups in total. The van der Waals surface area contributed by atoms with Gasteiger partial charge in [0.05, 0.1) is 26.4 Å². The van der Waals surface area contributed by atoms with E-state index in [1.807, 2.05) is 0 Å². The van der Waals surface area contributed by atoms with Crippen LogP contribution in [0.15, 0.2) is 24.3 Å². The van der Waals surface area contributed by atoms with Gasteiger partial charge in [-0.1, -0.05) is 323 Å². The van der Waals surface area contributed by atoms with Gasteiger partial charge in [-0.15, -0.1) is 0 Å². The number of carbonyl (C=O) groups excluding carboxylic acids is 4. The van der Waals surface area contributed by atoms with Crippen molar-refractivity contribution in [2.75, 3.05) is 39.6 Å². The average Bonchev–Trinajstić information content (AvgIpc) is 2.07. The Hall–Kier alpha value is -2.46. The predicted molar refractivity (Wildman–Crippen MR) is 395 cm³/mol. The maximum atomic E-state index is 13.1. The van der Waals surface area contributed by atoms with Gasteiger partial charge in [-0.3, -0.25) is 37.3 Å². The normalized spacial score (nSPS) is 14.5. The third-order valence-electron chi connectivity index (χ3n) is 17.9. The molecule has 0 bridgehead atoms. The fourth-order valence-corrected chi connectivity index (χ4v) is 13.0. The molecule has 0 fully saturated rings. The molecule has 6 atom stereocenters. The van der Waals surface area contributed by atoms with Crippen LogP contribution >= 0.6 is 15.6 Å². The lowest BCUT2D eigenvalue weighted by Crippen LogP contribution is -2.30. The number of carbonyl (C=O) groups is 4. The molecule has 19 heteroatoms. The largest absolute Gasteiger partial charge is 0.472 e. The van der Waals surface area contributed by atoms with Gasteiger partial charge in [0.25, 0.3) is 0 Å². The van der Waals surface area contributed by atoms with Gasteiger partial charge in [0.1, 0.15) is 19.3 Å². The van der Waals surface area contributed by atoms with Crippen LogP contribution in [-0.4, -0.2) is 96.7 Å². The third kappa shape index (κ3) is 70.4. The molecule has 17 nitrogen and oxygen atoms in total. The van der Waals surface area contributed by atoms with E-state index in [0.29, 0.717) is 31.6 Å². The zero-order valence-corrected chi connectivity index (χ0v) is 64.8. The number of hydrogen-bond acceptors (Lipinski definition) is 15. The highest BCUT2D eigenvalue weighted by atomic mass is 31.2. The second-order valence-electron chi connectivity index (χ2n) is 28.6. The molecule has 0 aliphatic rings. The van der Waals surface area contributed by atoms with E-state index in [4.69, 9.17) is 37.0 Å². The van der Waals surface area contributed by atoms with Crippen molar-refractivity contribution in [2.45, 2.75) is 394 Å². The van der Waals surface area contributed by atoms with E-state index >= 15 is 0 Å². The molecule has 0 aromatic rings. The highest BCUT2D eigenvalue weighted by Crippen LogP contribution is 2.45. The lowest BCUT2D eigenvalue weighted by molar-refractivity contribution is -0.161. The summed E-state index contributed by atoms with van der Waals surface area (Å²) < 4.78 is 68.5. The maximum absolute atomic E-state index is 13.1. The summed E-state index contributed by atoms with van der Waals surface area (Å²) in [5.41, 5.74) is 0. The number of aliphatic hydroxyl groups excluding tert-OH is 1. The first kappa shape index (κ1) is 94.5. The van der Waals surface area contributed by atoms with E-state index in [-0.39, 0.29) is 25.7 Å². The molecular weight excluding hydrogens is 1270 g/mol. The highest BCUT2D eigenvalue weighted by Gasteiger charge is 2.30. The number of ether oxygens (including phenoxy) is 4. The minimum atomic E-state index is -4.96. The van der Waals surface area contributed by atoms with Gasteiger partial charge in [-0.05, 0) is 69.1 Å². The van der Waals surface area contributed by atoms with Gasteiger partial charge in [-0.25, -0.2) is 9.13 Å². The molecule has 0 aromatic carbocycles. The van der Waals surface area contributed by atoms with Crippen LogP contribution in [0.1, 0.15) is 376 Å². The zero-order chi connectivity index (χ0) is 71.6. The Morgan fingerprint density at radius 2 is 0.608 bits per heavy atom. The van der Waals surface area contributed by atoms with Crippen LogP contribution in [0.4, 0.5) is 0 Å². The molecule has 0 amide bonds. The summed E-state index contributed by atoms with van der Waals surface area (Å²) in [6.45, 7) is 11.8. The van der Waals surface area contributed by atoms with Crippen molar-refractivity contribution in [3.05, 3.63) is 24.3 Å². The molecule has 0 radical (unpaired) electrons. The molecule has 0 aliphatic carbocycles. The Balaban J connectivity index is 5.20. The standard InChI is InChI=1S/C78H148O17P2/c1-8-10-11-12-13-14-15-16-21-25-28-31-37-45-52-59-75(80)88-65-73(95-78(83)62-55-48-39-34-33-36-44-51-58-71(7)9-2)67-92-96(84,85)90-63-72(79)64-91-97(86,87)93-68-74(66-89-76(81)60-53-46-41-40-43-50-57-70(5)6)94-77(82)61-54-47-38-32-29-26-23-20-18-17-19-22-24-27-30-35-42-49-56-69(3)4/h14-16,21,69-74,79H,8-13,17-20,22-68H2,1-7H3,(H,84,85)(H,86,87)/b15-14-,21-16-/t71?,72?,73-,74-/m1/s1. The van der Waals surface area contributed by atoms with Gasteiger partial charge in [0.2, 0.25) is 0 Å². The molecule has 4 unspecified atom stereocenters. The van der Waals surface area contributed by atoms with Crippen molar-refractivity contribution >= 4 is 39.5 Å².